The largest absolute Gasteiger partial charge is 0.390 e. The van der Waals surface area contributed by atoms with Gasteiger partial charge in [0.15, 0.2) is 11.6 Å². The molecule has 0 bridgehead atoms. The summed E-state index contributed by atoms with van der Waals surface area (Å²) in [5, 5.41) is 21.7. The van der Waals surface area contributed by atoms with Gasteiger partial charge in [0.25, 0.3) is 0 Å². The number of likely N-dealkylation sites (N-methyl/N-ethyl adjacent to an activating group) is 6. The molecule has 580 valence electrons. The number of morpholine rings is 1. The van der Waals surface area contributed by atoms with Crippen LogP contribution in [0.1, 0.15) is 194 Å². The number of rotatable bonds is 25. The fourth-order valence-electron chi connectivity index (χ4n) is 13.4. The number of hydroxylamine groups is 2. The van der Waals surface area contributed by atoms with E-state index in [9.17, 15) is 29.1 Å². The summed E-state index contributed by atoms with van der Waals surface area (Å²) in [6.07, 6.45) is 0.775. The Morgan fingerprint density at radius 1 is 0.564 bits per heavy atom. The Labute approximate surface area is 604 Å². The number of carbonyl (C=O) groups excluding carboxylic acids is 12. The van der Waals surface area contributed by atoms with Crippen molar-refractivity contribution in [3.63, 3.8) is 0 Å². The van der Waals surface area contributed by atoms with Crippen molar-refractivity contribution in [3.8, 4) is 0 Å². The van der Waals surface area contributed by atoms with E-state index in [2.05, 4.69) is 20.9 Å². The third-order valence-corrected chi connectivity index (χ3v) is 20.2. The van der Waals surface area contributed by atoms with Gasteiger partial charge in [-0.05, 0) is 114 Å². The van der Waals surface area contributed by atoms with Crippen LogP contribution in [-0.2, 0) is 71.8 Å². The van der Waals surface area contributed by atoms with Gasteiger partial charge in [-0.3, -0.25) is 67.3 Å². The molecule has 2 heterocycles. The highest BCUT2D eigenvalue weighted by molar-refractivity contribution is 6.00. The second kappa shape index (κ2) is 43.8. The molecule has 0 aromatic rings. The number of nitrogens with one attached hydrogen (secondary N) is 3. The summed E-state index contributed by atoms with van der Waals surface area (Å²) >= 11 is 0. The summed E-state index contributed by atoms with van der Waals surface area (Å²) in [4.78, 5) is 191. The minimum Gasteiger partial charge on any atom is -0.390 e. The smallest absolute Gasteiger partial charge is 0.245 e. The van der Waals surface area contributed by atoms with Crippen LogP contribution >= 0.6 is 0 Å². The van der Waals surface area contributed by atoms with Crippen molar-refractivity contribution in [1.29, 1.82) is 0 Å². The third kappa shape index (κ3) is 27.4. The van der Waals surface area contributed by atoms with Crippen LogP contribution in [0.15, 0.2) is 0 Å². The normalized spacial score (nSPS) is 26.6. The summed E-state index contributed by atoms with van der Waals surface area (Å²) < 4.78 is 11.9. The molecule has 0 radical (unpaired) electrons. The average Bonchev–Trinajstić information content (AvgIpc) is 0.817. The van der Waals surface area contributed by atoms with Gasteiger partial charge in [-0.2, -0.15) is 0 Å². The standard InChI is InChI=1S/C74H133N11O16/c1-25-55-72(96)78(17)52(15)70(94)83(22)64(53(16)101-36-30-29-33-85-34-37-100-38-35-85)60(87)43-54(47(8)9)71(95)79(18)56(39-44(2)3)59(86)42-50(13)66(90)75-51(14)69(93)80(19)57(40-45(4)5)73(97)81(20)58(41-46(6)7)74(98)82(21)63(48(10)11)68(92)77-62(67(91)76-55)65(89)49(12)31-27-26-28-32-61(88)84(23)99-24/h44-58,62-65,89H,25-43H2,1-24H3,(H,75,90)(H,76,91)(H,77,92)/t49-,50-,51-,52-,53-,54+,55+,56+,57+,58+,62+,63+,64+,65-/m1/s1. The Balaban J connectivity index is 2.99. The summed E-state index contributed by atoms with van der Waals surface area (Å²) in [5.41, 5.74) is 0. The van der Waals surface area contributed by atoms with Crippen molar-refractivity contribution in [3.05, 3.63) is 0 Å². The Kier molecular flexibility index (Phi) is 39.5. The van der Waals surface area contributed by atoms with Crippen molar-refractivity contribution in [2.24, 2.45) is 47.3 Å². The van der Waals surface area contributed by atoms with Gasteiger partial charge in [-0.1, -0.05) is 103 Å². The number of ketones is 2. The zero-order valence-corrected chi connectivity index (χ0v) is 66.1. The highest BCUT2D eigenvalue weighted by Crippen LogP contribution is 2.28. The molecule has 0 saturated carbocycles. The molecular weight excluding hydrogens is 1300 g/mol. The molecule has 2 aliphatic heterocycles. The molecule has 101 heavy (non-hydrogen) atoms. The Bertz CT molecular complexity index is 2710. The highest BCUT2D eigenvalue weighted by atomic mass is 16.7. The van der Waals surface area contributed by atoms with E-state index in [1.807, 2.05) is 41.5 Å². The molecule has 27 heteroatoms. The lowest BCUT2D eigenvalue weighted by molar-refractivity contribution is -0.168. The van der Waals surface area contributed by atoms with Gasteiger partial charge in [-0.15, -0.1) is 0 Å². The number of carbonyl (C=O) groups is 12. The topological polar surface area (TPSA) is 315 Å². The molecule has 2 rings (SSSR count). The lowest BCUT2D eigenvalue weighted by atomic mass is 9.85. The Hall–Kier alpha value is -6.16. The van der Waals surface area contributed by atoms with E-state index in [-0.39, 0.29) is 75.2 Å². The summed E-state index contributed by atoms with van der Waals surface area (Å²) in [6, 6.07) is -11.6. The van der Waals surface area contributed by atoms with E-state index in [1.54, 1.807) is 55.4 Å². The lowest BCUT2D eigenvalue weighted by Crippen LogP contribution is -2.63. The van der Waals surface area contributed by atoms with Crippen LogP contribution in [0.2, 0.25) is 0 Å². The predicted molar refractivity (Wildman–Crippen MR) is 387 cm³/mol. The van der Waals surface area contributed by atoms with Crippen LogP contribution < -0.4 is 16.0 Å². The highest BCUT2D eigenvalue weighted by Gasteiger charge is 2.45. The van der Waals surface area contributed by atoms with Gasteiger partial charge in [-0.25, -0.2) is 5.06 Å². The number of ether oxygens (including phenoxy) is 2. The van der Waals surface area contributed by atoms with Crippen LogP contribution in [-0.4, -0.2) is 278 Å². The van der Waals surface area contributed by atoms with Crippen molar-refractivity contribution in [1.82, 2.24) is 55.3 Å². The van der Waals surface area contributed by atoms with Crippen molar-refractivity contribution < 1.29 is 77.0 Å². The Morgan fingerprint density at radius 3 is 1.61 bits per heavy atom. The number of nitrogens with zero attached hydrogens (tertiary/aromatic N) is 8. The fourth-order valence-corrected chi connectivity index (χ4v) is 13.4. The summed E-state index contributed by atoms with van der Waals surface area (Å²) in [7, 11) is 11.6. The number of aliphatic hydroxyl groups excluding tert-OH is 1. The van der Waals surface area contributed by atoms with Gasteiger partial charge in [0.2, 0.25) is 59.1 Å². The van der Waals surface area contributed by atoms with Crippen LogP contribution in [0.3, 0.4) is 0 Å². The first kappa shape index (κ1) is 90.9. The van der Waals surface area contributed by atoms with Crippen molar-refractivity contribution >= 4 is 70.6 Å². The molecule has 0 spiro atoms. The van der Waals surface area contributed by atoms with E-state index in [0.717, 1.165) is 36.0 Å². The van der Waals surface area contributed by atoms with Gasteiger partial charge < -0.3 is 59.9 Å². The molecule has 2 saturated heterocycles. The first-order valence-corrected chi connectivity index (χ1v) is 37.1. The van der Waals surface area contributed by atoms with Crippen LogP contribution in [0.25, 0.3) is 0 Å². The number of aliphatic hydroxyl groups is 1. The first-order chi connectivity index (χ1) is 47.1. The van der Waals surface area contributed by atoms with Gasteiger partial charge in [0.1, 0.15) is 48.3 Å². The van der Waals surface area contributed by atoms with E-state index >= 15 is 33.6 Å². The van der Waals surface area contributed by atoms with Crippen LogP contribution in [0, 0.1) is 47.3 Å². The number of amides is 10. The maximum Gasteiger partial charge on any atom is 0.245 e. The van der Waals surface area contributed by atoms with Crippen LogP contribution in [0.4, 0.5) is 0 Å². The molecule has 4 N–H and O–H groups in total. The van der Waals surface area contributed by atoms with Gasteiger partial charge in [0, 0.05) is 100 Å². The molecular formula is C74H133N11O16. The molecule has 0 unspecified atom stereocenters. The molecule has 0 aromatic carbocycles. The molecule has 2 fully saturated rings. The minimum absolute atomic E-state index is 0.0282. The Morgan fingerprint density at radius 2 is 1.09 bits per heavy atom. The third-order valence-electron chi connectivity index (χ3n) is 20.2. The van der Waals surface area contributed by atoms with Crippen molar-refractivity contribution in [2.45, 2.75) is 261 Å². The summed E-state index contributed by atoms with van der Waals surface area (Å²) in [6.45, 7) is 31.7. The number of unbranched alkanes of at least 4 members (excludes halogenated alkanes) is 3. The zero-order valence-electron chi connectivity index (χ0n) is 66.1. The molecule has 2 aliphatic rings. The van der Waals surface area contributed by atoms with E-state index in [1.165, 1.54) is 94.8 Å². The average molecular weight is 1430 g/mol. The molecule has 0 aromatic heterocycles. The predicted octanol–water partition coefficient (Wildman–Crippen LogP) is 4.97. The maximum atomic E-state index is 15.2. The van der Waals surface area contributed by atoms with Gasteiger partial charge >= 0.3 is 0 Å². The van der Waals surface area contributed by atoms with Crippen molar-refractivity contribution in [2.75, 3.05) is 95.9 Å². The second-order valence-corrected chi connectivity index (χ2v) is 30.6. The quantitative estimate of drug-likeness (QED) is 0.0692. The molecule has 0 aliphatic carbocycles. The van der Waals surface area contributed by atoms with Gasteiger partial charge in [0.05, 0.1) is 38.6 Å². The molecule has 27 nitrogen and oxygen atoms in total. The molecule has 10 amide bonds. The second-order valence-electron chi connectivity index (χ2n) is 30.6. The molecule has 14 atom stereocenters. The van der Waals surface area contributed by atoms with Crippen LogP contribution in [0.5, 0.6) is 0 Å². The van der Waals surface area contributed by atoms with E-state index in [4.69, 9.17) is 14.3 Å². The van der Waals surface area contributed by atoms with E-state index < -0.39 is 161 Å². The lowest BCUT2D eigenvalue weighted by Gasteiger charge is -2.40. The number of hydrogen-bond donors (Lipinski definition) is 4. The maximum absolute atomic E-state index is 15.2. The number of Topliss-reactive ketones (excluding diaryl/α,β-unsaturated/α-hetero) is 2. The van der Waals surface area contributed by atoms with E-state index in [0.29, 0.717) is 45.3 Å². The monoisotopic (exact) mass is 1430 g/mol. The minimum atomic E-state index is -1.73. The summed E-state index contributed by atoms with van der Waals surface area (Å²) in [5.74, 6) is -11.6. The number of hydrogen-bond acceptors (Lipinski definition) is 17. The fraction of sp³-hybridized carbons (Fsp3) is 0.838. The zero-order chi connectivity index (χ0) is 77.2. The SMILES string of the molecule is CC[C@@H]1NC(=O)[C@H]([C@H](O)[C@H](C)CCCCCC(=O)N(C)OC)NC(=O)[C@H](C(C)C)N(C)C(=O)[C@H](CC(C)C)N(C)C(=O)[C@H](CC(C)C)N(C)C(=O)[C@@H](C)NC(=O)[C@H](C)CC(=O)[C@H](CC(C)C)N(C)C(=O)[C@H](C(C)C)CC(=O)[C@H]([C@@H](C)OCCCCN2CCOCC2)N(C)C(=O)[C@@H](C)N(C)C1=O. The first-order valence-electron chi connectivity index (χ1n) is 37.1.